The summed E-state index contributed by atoms with van der Waals surface area (Å²) in [7, 11) is 6.51. The molecule has 1 atom stereocenters. The molecule has 0 bridgehead atoms. The lowest BCUT2D eigenvalue weighted by atomic mass is 10.0. The Morgan fingerprint density at radius 1 is 1.22 bits per heavy atom. The predicted octanol–water partition coefficient (Wildman–Crippen LogP) is 3.54. The predicted molar refractivity (Wildman–Crippen MR) is 101 cm³/mol. The Balaban J connectivity index is 1.80. The second-order valence-corrected chi connectivity index (χ2v) is 7.70. The van der Waals surface area contributed by atoms with Gasteiger partial charge in [0.2, 0.25) is 0 Å². The lowest BCUT2D eigenvalue weighted by Gasteiger charge is -2.31. The van der Waals surface area contributed by atoms with Crippen LogP contribution in [-0.4, -0.2) is 62.7 Å². The van der Waals surface area contributed by atoms with Gasteiger partial charge in [-0.25, -0.2) is 0 Å². The summed E-state index contributed by atoms with van der Waals surface area (Å²) in [6, 6.07) is 7.15. The maximum atomic E-state index is 6.13. The summed E-state index contributed by atoms with van der Waals surface area (Å²) < 4.78 is 0. The lowest BCUT2D eigenvalue weighted by Crippen LogP contribution is -2.42. The van der Waals surface area contributed by atoms with Crippen molar-refractivity contribution in [3.05, 3.63) is 33.8 Å². The number of likely N-dealkylation sites (tertiary alicyclic amines) is 1. The van der Waals surface area contributed by atoms with Crippen molar-refractivity contribution in [2.24, 2.45) is 0 Å². The fourth-order valence-electron chi connectivity index (χ4n) is 3.15. The molecular weight excluding hydrogens is 329 g/mol. The van der Waals surface area contributed by atoms with Crippen molar-refractivity contribution < 1.29 is 0 Å². The Morgan fingerprint density at radius 2 is 1.91 bits per heavy atom. The molecule has 0 saturated carbocycles. The zero-order valence-corrected chi connectivity index (χ0v) is 16.0. The number of halogens is 2. The first-order chi connectivity index (χ1) is 11.0. The molecule has 0 amide bonds. The fourth-order valence-corrected chi connectivity index (χ4v) is 3.47. The monoisotopic (exact) mass is 357 g/mol. The summed E-state index contributed by atoms with van der Waals surface area (Å²) in [6.07, 6.45) is 4.66. The van der Waals surface area contributed by atoms with Gasteiger partial charge in [0.25, 0.3) is 0 Å². The van der Waals surface area contributed by atoms with E-state index in [0.29, 0.717) is 22.1 Å². The van der Waals surface area contributed by atoms with Crippen LogP contribution in [0.3, 0.4) is 0 Å². The number of benzene rings is 1. The Hall–Kier alpha value is -0.320. The van der Waals surface area contributed by atoms with E-state index >= 15 is 0 Å². The first-order valence-corrected chi connectivity index (χ1v) is 9.23. The van der Waals surface area contributed by atoms with Crippen LogP contribution < -0.4 is 5.32 Å². The van der Waals surface area contributed by atoms with E-state index in [9.17, 15) is 0 Å². The van der Waals surface area contributed by atoms with Gasteiger partial charge in [-0.15, -0.1) is 0 Å². The highest BCUT2D eigenvalue weighted by Gasteiger charge is 2.17. The summed E-state index contributed by atoms with van der Waals surface area (Å²) in [6.45, 7) is 3.48. The normalized spacial score (nSPS) is 18.5. The zero-order valence-electron chi connectivity index (χ0n) is 14.5. The second-order valence-electron chi connectivity index (χ2n) is 6.89. The fraction of sp³-hybridized carbons (Fsp3) is 0.667. The van der Waals surface area contributed by atoms with Gasteiger partial charge in [-0.1, -0.05) is 29.3 Å². The van der Waals surface area contributed by atoms with Crippen molar-refractivity contribution in [3.63, 3.8) is 0 Å². The molecule has 5 heteroatoms. The van der Waals surface area contributed by atoms with Gasteiger partial charge in [-0.05, 0) is 84.2 Å². The van der Waals surface area contributed by atoms with Crippen LogP contribution in [0.25, 0.3) is 0 Å². The van der Waals surface area contributed by atoms with Crippen LogP contribution in [0.15, 0.2) is 18.2 Å². The van der Waals surface area contributed by atoms with E-state index in [-0.39, 0.29) is 0 Å². The van der Waals surface area contributed by atoms with E-state index in [0.717, 1.165) is 19.4 Å². The molecule has 1 heterocycles. The van der Waals surface area contributed by atoms with Crippen LogP contribution >= 0.6 is 23.2 Å². The van der Waals surface area contributed by atoms with Crippen LogP contribution in [0.5, 0.6) is 0 Å². The van der Waals surface area contributed by atoms with Crippen LogP contribution in [-0.2, 0) is 6.42 Å². The van der Waals surface area contributed by atoms with E-state index in [2.05, 4.69) is 42.3 Å². The van der Waals surface area contributed by atoms with Crippen LogP contribution in [0.2, 0.25) is 10.0 Å². The Labute approximate surface area is 150 Å². The summed E-state index contributed by atoms with van der Waals surface area (Å²) in [5.74, 6) is 0. The quantitative estimate of drug-likeness (QED) is 0.804. The van der Waals surface area contributed by atoms with Gasteiger partial charge in [0.05, 0.1) is 10.0 Å². The van der Waals surface area contributed by atoms with Crippen LogP contribution in [0, 0.1) is 0 Å². The molecule has 0 aliphatic carbocycles. The van der Waals surface area contributed by atoms with E-state index in [1.807, 2.05) is 12.1 Å². The smallest absolute Gasteiger partial charge is 0.0595 e. The molecule has 3 nitrogen and oxygen atoms in total. The molecule has 1 N–H and O–H groups in total. The average molecular weight is 358 g/mol. The van der Waals surface area contributed by atoms with Gasteiger partial charge in [0.15, 0.2) is 0 Å². The molecule has 1 aromatic carbocycles. The molecule has 1 aliphatic rings. The first kappa shape index (κ1) is 19.0. The minimum absolute atomic E-state index is 0.506. The Morgan fingerprint density at radius 3 is 2.52 bits per heavy atom. The molecule has 23 heavy (non-hydrogen) atoms. The molecule has 1 aromatic rings. The summed E-state index contributed by atoms with van der Waals surface area (Å²) in [5.41, 5.74) is 1.25. The summed E-state index contributed by atoms with van der Waals surface area (Å²) in [4.78, 5) is 4.71. The zero-order chi connectivity index (χ0) is 16.8. The lowest BCUT2D eigenvalue weighted by molar-refractivity contribution is 0.225. The molecule has 0 spiro atoms. The molecular formula is C18H29Cl2N3. The highest BCUT2D eigenvalue weighted by atomic mass is 35.5. The third-order valence-corrected chi connectivity index (χ3v) is 5.55. The van der Waals surface area contributed by atoms with Gasteiger partial charge in [-0.2, -0.15) is 0 Å². The van der Waals surface area contributed by atoms with Gasteiger partial charge in [0.1, 0.15) is 0 Å². The number of rotatable bonds is 7. The van der Waals surface area contributed by atoms with Gasteiger partial charge in [-0.3, -0.25) is 0 Å². The van der Waals surface area contributed by atoms with E-state index in [4.69, 9.17) is 23.2 Å². The van der Waals surface area contributed by atoms with Gasteiger partial charge >= 0.3 is 0 Å². The molecule has 2 rings (SSSR count). The minimum atomic E-state index is 0.506. The van der Waals surface area contributed by atoms with Crippen molar-refractivity contribution in [1.82, 2.24) is 15.1 Å². The highest BCUT2D eigenvalue weighted by Crippen LogP contribution is 2.24. The van der Waals surface area contributed by atoms with Gasteiger partial charge in [0, 0.05) is 12.1 Å². The Kier molecular flexibility index (Phi) is 7.64. The van der Waals surface area contributed by atoms with Crippen molar-refractivity contribution in [2.45, 2.75) is 37.8 Å². The number of likely N-dealkylation sites (N-methyl/N-ethyl adjacent to an activating group) is 1. The van der Waals surface area contributed by atoms with Crippen LogP contribution in [0.1, 0.15) is 24.8 Å². The third-order valence-electron chi connectivity index (χ3n) is 4.81. The van der Waals surface area contributed by atoms with Crippen molar-refractivity contribution >= 4 is 23.2 Å². The number of piperidine rings is 1. The number of hydrogen-bond acceptors (Lipinski definition) is 3. The molecule has 1 saturated heterocycles. The topological polar surface area (TPSA) is 18.5 Å². The Bertz CT molecular complexity index is 485. The van der Waals surface area contributed by atoms with E-state index in [1.165, 1.54) is 31.5 Å². The minimum Gasteiger partial charge on any atom is -0.314 e. The maximum Gasteiger partial charge on any atom is 0.0595 e. The molecule has 0 radical (unpaired) electrons. The van der Waals surface area contributed by atoms with Gasteiger partial charge < -0.3 is 15.1 Å². The van der Waals surface area contributed by atoms with Crippen molar-refractivity contribution in [3.8, 4) is 0 Å². The second kappa shape index (κ2) is 9.24. The van der Waals surface area contributed by atoms with Crippen molar-refractivity contribution in [2.75, 3.05) is 40.8 Å². The average Bonchev–Trinajstić information content (AvgIpc) is 2.51. The number of nitrogens with one attached hydrogen (secondary N) is 1. The standard InChI is InChI=1S/C18H29Cl2N3/c1-22(2)16(12-14-4-5-17(19)18(20)13-14)6-9-21-15-7-10-23(3)11-8-15/h4-5,13,15-16,21H,6-12H2,1-3H3. The van der Waals surface area contributed by atoms with E-state index < -0.39 is 0 Å². The van der Waals surface area contributed by atoms with Crippen LogP contribution in [0.4, 0.5) is 0 Å². The van der Waals surface area contributed by atoms with Crippen molar-refractivity contribution in [1.29, 1.82) is 0 Å². The van der Waals surface area contributed by atoms with E-state index in [1.54, 1.807) is 0 Å². The highest BCUT2D eigenvalue weighted by molar-refractivity contribution is 6.42. The molecule has 0 aromatic heterocycles. The molecule has 1 fully saturated rings. The molecule has 1 aliphatic heterocycles. The third kappa shape index (κ3) is 6.24. The first-order valence-electron chi connectivity index (χ1n) is 8.48. The number of nitrogens with zero attached hydrogens (tertiary/aromatic N) is 2. The molecule has 1 unspecified atom stereocenters. The maximum absolute atomic E-state index is 6.13. The summed E-state index contributed by atoms with van der Waals surface area (Å²) in [5, 5.41) is 5.00. The molecule has 130 valence electrons. The SMILES string of the molecule is CN1CCC(NCCC(Cc2ccc(Cl)c(Cl)c2)N(C)C)CC1. The number of hydrogen-bond donors (Lipinski definition) is 1. The summed E-state index contributed by atoms with van der Waals surface area (Å²) >= 11 is 12.1. The largest absolute Gasteiger partial charge is 0.314 e.